The van der Waals surface area contributed by atoms with E-state index in [1.807, 2.05) is 0 Å². The van der Waals surface area contributed by atoms with E-state index >= 15 is 0 Å². The maximum Gasteiger partial charge on any atom is 0.320 e. The second kappa shape index (κ2) is 7.35. The Labute approximate surface area is 84.3 Å². The van der Waals surface area contributed by atoms with Gasteiger partial charge in [-0.25, -0.2) is 0 Å². The fourth-order valence-electron chi connectivity index (χ4n) is 0.927. The Hall–Kier alpha value is -1.06. The van der Waals surface area contributed by atoms with Crippen LogP contribution < -0.4 is 0 Å². The number of hydrogen-bond acceptors (Lipinski definition) is 3. The van der Waals surface area contributed by atoms with Crippen molar-refractivity contribution < 1.29 is 19.4 Å². The molecule has 0 aliphatic rings. The first-order valence-corrected chi connectivity index (χ1v) is 4.99. The van der Waals surface area contributed by atoms with E-state index in [4.69, 9.17) is 9.84 Å². The monoisotopic (exact) mass is 202 g/mol. The minimum Gasteiger partial charge on any atom is -0.481 e. The Morgan fingerprint density at radius 2 is 1.93 bits per heavy atom. The number of carboxylic acid groups (broad SMARTS) is 1. The van der Waals surface area contributed by atoms with Gasteiger partial charge < -0.3 is 9.84 Å². The molecule has 0 saturated heterocycles. The van der Waals surface area contributed by atoms with Crippen LogP contribution in [0, 0.1) is 5.92 Å². The summed E-state index contributed by atoms with van der Waals surface area (Å²) in [6.07, 6.45) is 4.07. The van der Waals surface area contributed by atoms with Crippen molar-refractivity contribution in [3.05, 3.63) is 0 Å². The fourth-order valence-corrected chi connectivity index (χ4v) is 0.927. The summed E-state index contributed by atoms with van der Waals surface area (Å²) in [5, 5.41) is 8.49. The molecule has 0 fully saturated rings. The van der Waals surface area contributed by atoms with Crippen molar-refractivity contribution in [1.82, 2.24) is 0 Å². The maximum absolute atomic E-state index is 11.0. The summed E-state index contributed by atoms with van der Waals surface area (Å²) in [7, 11) is 0. The fraction of sp³-hybridized carbons (Fsp3) is 0.800. The Morgan fingerprint density at radius 1 is 1.29 bits per heavy atom. The molecule has 1 unspecified atom stereocenters. The average Bonchev–Trinajstić information content (AvgIpc) is 2.16. The van der Waals surface area contributed by atoms with Gasteiger partial charge in [-0.15, -0.1) is 0 Å². The molecule has 0 aromatic carbocycles. The van der Waals surface area contributed by atoms with Gasteiger partial charge in [-0.2, -0.15) is 0 Å². The zero-order valence-electron chi connectivity index (χ0n) is 8.78. The van der Waals surface area contributed by atoms with E-state index in [1.165, 1.54) is 6.92 Å². The Balaban J connectivity index is 3.49. The molecule has 0 heterocycles. The number of unbranched alkanes of at least 4 members (excludes halogenated alkanes) is 3. The molecule has 1 atom stereocenters. The molecular weight excluding hydrogens is 184 g/mol. The number of aliphatic carboxylic acids is 1. The highest BCUT2D eigenvalue weighted by molar-refractivity contribution is 5.93. The van der Waals surface area contributed by atoms with Crippen molar-refractivity contribution in [1.29, 1.82) is 0 Å². The lowest BCUT2D eigenvalue weighted by atomic mass is 10.2. The van der Waals surface area contributed by atoms with Crippen molar-refractivity contribution in [2.45, 2.75) is 39.5 Å². The Morgan fingerprint density at radius 3 is 2.43 bits per heavy atom. The number of ether oxygens (including phenoxy) is 1. The topological polar surface area (TPSA) is 63.6 Å². The van der Waals surface area contributed by atoms with Crippen LogP contribution in [0.25, 0.3) is 0 Å². The van der Waals surface area contributed by atoms with E-state index in [9.17, 15) is 9.59 Å². The minimum absolute atomic E-state index is 0.330. The van der Waals surface area contributed by atoms with Crippen LogP contribution in [0.15, 0.2) is 0 Å². The lowest BCUT2D eigenvalue weighted by Crippen LogP contribution is -2.23. The van der Waals surface area contributed by atoms with Gasteiger partial charge in [0.05, 0.1) is 6.61 Å². The quantitative estimate of drug-likeness (QED) is 0.388. The van der Waals surface area contributed by atoms with Crippen LogP contribution >= 0.6 is 0 Å². The molecule has 1 N–H and O–H groups in total. The molecule has 0 radical (unpaired) electrons. The lowest BCUT2D eigenvalue weighted by molar-refractivity contribution is -0.157. The van der Waals surface area contributed by atoms with Crippen LogP contribution in [0.4, 0.5) is 0 Å². The molecule has 0 spiro atoms. The zero-order chi connectivity index (χ0) is 11.0. The van der Waals surface area contributed by atoms with Gasteiger partial charge in [0.2, 0.25) is 0 Å². The molecule has 0 amide bonds. The van der Waals surface area contributed by atoms with Gasteiger partial charge in [-0.05, 0) is 13.3 Å². The first kappa shape index (κ1) is 12.9. The summed E-state index contributed by atoms with van der Waals surface area (Å²) in [6, 6.07) is 0. The van der Waals surface area contributed by atoms with Gasteiger partial charge in [-0.1, -0.05) is 26.2 Å². The van der Waals surface area contributed by atoms with Gasteiger partial charge in [0, 0.05) is 0 Å². The van der Waals surface area contributed by atoms with Gasteiger partial charge in [0.15, 0.2) is 5.92 Å². The van der Waals surface area contributed by atoms with E-state index in [0.717, 1.165) is 25.7 Å². The van der Waals surface area contributed by atoms with Gasteiger partial charge in [0.25, 0.3) is 0 Å². The molecule has 0 aliphatic heterocycles. The van der Waals surface area contributed by atoms with E-state index in [1.54, 1.807) is 0 Å². The van der Waals surface area contributed by atoms with E-state index in [2.05, 4.69) is 6.92 Å². The lowest BCUT2D eigenvalue weighted by Gasteiger charge is -2.06. The summed E-state index contributed by atoms with van der Waals surface area (Å²) in [5.74, 6) is -2.83. The highest BCUT2D eigenvalue weighted by atomic mass is 16.5. The molecule has 4 heteroatoms. The number of carbonyl (C=O) groups is 2. The van der Waals surface area contributed by atoms with E-state index in [0.29, 0.717) is 6.61 Å². The molecule has 0 aromatic heterocycles. The predicted octanol–water partition coefficient (Wildman–Crippen LogP) is 1.83. The minimum atomic E-state index is -1.14. The molecule has 82 valence electrons. The molecule has 0 rings (SSSR count). The Kier molecular flexibility index (Phi) is 6.80. The smallest absolute Gasteiger partial charge is 0.320 e. The summed E-state index contributed by atoms with van der Waals surface area (Å²) in [5.41, 5.74) is 0. The van der Waals surface area contributed by atoms with Crippen molar-refractivity contribution in [3.63, 3.8) is 0 Å². The van der Waals surface area contributed by atoms with E-state index in [-0.39, 0.29) is 0 Å². The predicted molar refractivity (Wildman–Crippen MR) is 51.9 cm³/mol. The number of rotatable bonds is 7. The second-order valence-corrected chi connectivity index (χ2v) is 3.29. The summed E-state index contributed by atoms with van der Waals surface area (Å²) in [4.78, 5) is 21.4. The standard InChI is InChI=1S/C10H18O4/c1-3-4-5-6-7-14-10(13)8(2)9(11)12/h8H,3-7H2,1-2H3,(H,11,12). The number of esters is 1. The third-order valence-electron chi connectivity index (χ3n) is 1.97. The largest absolute Gasteiger partial charge is 0.481 e. The number of carbonyl (C=O) groups excluding carboxylic acids is 1. The first-order chi connectivity index (χ1) is 6.59. The third kappa shape index (κ3) is 5.56. The van der Waals surface area contributed by atoms with Crippen LogP contribution in [-0.2, 0) is 14.3 Å². The normalized spacial score (nSPS) is 12.1. The summed E-state index contributed by atoms with van der Waals surface area (Å²) >= 11 is 0. The molecule has 0 aromatic rings. The highest BCUT2D eigenvalue weighted by Crippen LogP contribution is 2.02. The van der Waals surface area contributed by atoms with Gasteiger partial charge in [0.1, 0.15) is 0 Å². The molecule has 0 aliphatic carbocycles. The van der Waals surface area contributed by atoms with Crippen molar-refractivity contribution in [2.24, 2.45) is 5.92 Å². The Bertz CT molecular complexity index is 189. The molecule has 0 saturated carbocycles. The first-order valence-electron chi connectivity index (χ1n) is 4.99. The second-order valence-electron chi connectivity index (χ2n) is 3.29. The summed E-state index contributed by atoms with van der Waals surface area (Å²) in [6.45, 7) is 3.76. The summed E-state index contributed by atoms with van der Waals surface area (Å²) < 4.78 is 4.79. The molecular formula is C10H18O4. The van der Waals surface area contributed by atoms with Crippen LogP contribution in [-0.4, -0.2) is 23.7 Å². The van der Waals surface area contributed by atoms with Crippen LogP contribution in [0.3, 0.4) is 0 Å². The average molecular weight is 202 g/mol. The van der Waals surface area contributed by atoms with Gasteiger partial charge in [-0.3, -0.25) is 9.59 Å². The number of carboxylic acids is 1. The van der Waals surface area contributed by atoms with Crippen LogP contribution in [0.2, 0.25) is 0 Å². The van der Waals surface area contributed by atoms with Gasteiger partial charge >= 0.3 is 11.9 Å². The van der Waals surface area contributed by atoms with Crippen molar-refractivity contribution in [3.8, 4) is 0 Å². The number of hydrogen-bond donors (Lipinski definition) is 1. The molecule has 4 nitrogen and oxygen atoms in total. The third-order valence-corrected chi connectivity index (χ3v) is 1.97. The highest BCUT2D eigenvalue weighted by Gasteiger charge is 2.21. The maximum atomic E-state index is 11.0. The van der Waals surface area contributed by atoms with Crippen molar-refractivity contribution in [2.75, 3.05) is 6.61 Å². The molecule has 14 heavy (non-hydrogen) atoms. The van der Waals surface area contributed by atoms with Crippen LogP contribution in [0.1, 0.15) is 39.5 Å². The zero-order valence-corrected chi connectivity index (χ0v) is 8.78. The SMILES string of the molecule is CCCCCCOC(=O)C(C)C(=O)O. The van der Waals surface area contributed by atoms with Crippen LogP contribution in [0.5, 0.6) is 0 Å². The molecule has 0 bridgehead atoms. The van der Waals surface area contributed by atoms with E-state index < -0.39 is 17.9 Å². The van der Waals surface area contributed by atoms with Crippen molar-refractivity contribution >= 4 is 11.9 Å².